The molecule has 0 aromatic carbocycles. The number of aryl methyl sites for hydroxylation is 1. The molecule has 0 aliphatic carbocycles. The minimum absolute atomic E-state index is 0.536. The summed E-state index contributed by atoms with van der Waals surface area (Å²) in [6.07, 6.45) is 1.03. The first-order chi connectivity index (χ1) is 10.0. The van der Waals surface area contributed by atoms with E-state index in [0.717, 1.165) is 37.6 Å². The summed E-state index contributed by atoms with van der Waals surface area (Å²) in [6, 6.07) is 0. The molecule has 1 aromatic heterocycles. The number of thiazole rings is 1. The summed E-state index contributed by atoms with van der Waals surface area (Å²) in [7, 11) is 4.19. The molecule has 0 aliphatic heterocycles. The molecule has 1 aromatic rings. The van der Waals surface area contributed by atoms with Crippen molar-refractivity contribution in [1.82, 2.24) is 15.2 Å². The molecule has 21 heavy (non-hydrogen) atoms. The highest BCUT2D eigenvalue weighted by Gasteiger charge is 2.07. The quantitative estimate of drug-likeness (QED) is 0.410. The van der Waals surface area contributed by atoms with E-state index >= 15 is 0 Å². The molecule has 1 heterocycles. The fourth-order valence-electron chi connectivity index (χ4n) is 1.68. The Morgan fingerprint density at radius 1 is 1.48 bits per heavy atom. The zero-order valence-corrected chi connectivity index (χ0v) is 15.1. The van der Waals surface area contributed by atoms with Gasteiger partial charge in [0.1, 0.15) is 0 Å². The second kappa shape index (κ2) is 10.0. The van der Waals surface area contributed by atoms with Crippen molar-refractivity contribution in [3.63, 3.8) is 0 Å². The summed E-state index contributed by atoms with van der Waals surface area (Å²) in [4.78, 5) is 12.5. The van der Waals surface area contributed by atoms with E-state index in [1.807, 2.05) is 30.0 Å². The fourth-order valence-corrected chi connectivity index (χ4v) is 3.55. The maximum atomic E-state index is 5.68. The molecule has 0 bridgehead atoms. The van der Waals surface area contributed by atoms with E-state index in [1.165, 1.54) is 15.6 Å². The van der Waals surface area contributed by atoms with Crippen LogP contribution in [0, 0.1) is 6.92 Å². The van der Waals surface area contributed by atoms with Gasteiger partial charge in [-0.05, 0) is 27.9 Å². The van der Waals surface area contributed by atoms with Crippen LogP contribution in [-0.4, -0.2) is 55.3 Å². The van der Waals surface area contributed by atoms with E-state index in [4.69, 9.17) is 10.7 Å². The smallest absolute Gasteiger partial charge is 0.188 e. The van der Waals surface area contributed by atoms with Crippen LogP contribution in [-0.2, 0) is 12.2 Å². The van der Waals surface area contributed by atoms with Crippen LogP contribution in [0.3, 0.4) is 0 Å². The van der Waals surface area contributed by atoms with Gasteiger partial charge in [0, 0.05) is 35.9 Å². The third-order valence-corrected chi connectivity index (χ3v) is 4.85. The highest BCUT2D eigenvalue weighted by Crippen LogP contribution is 2.22. The van der Waals surface area contributed by atoms with Gasteiger partial charge in [-0.15, -0.1) is 11.3 Å². The van der Waals surface area contributed by atoms with Crippen molar-refractivity contribution in [3.05, 3.63) is 15.6 Å². The lowest BCUT2D eigenvalue weighted by Crippen LogP contribution is -2.31. The lowest BCUT2D eigenvalue weighted by Gasteiger charge is -2.06. The first-order valence-corrected chi connectivity index (χ1v) is 9.21. The molecule has 0 saturated heterocycles. The summed E-state index contributed by atoms with van der Waals surface area (Å²) < 4.78 is 0. The van der Waals surface area contributed by atoms with Crippen LogP contribution in [0.25, 0.3) is 0 Å². The predicted octanol–water partition coefficient (Wildman–Crippen LogP) is 1.71. The van der Waals surface area contributed by atoms with Crippen LogP contribution < -0.4 is 11.1 Å². The maximum Gasteiger partial charge on any atom is 0.188 e. The highest BCUT2D eigenvalue weighted by atomic mass is 32.2. The molecular weight excluding hydrogens is 302 g/mol. The summed E-state index contributed by atoms with van der Waals surface area (Å²) in [5, 5.41) is 4.24. The number of nitrogens with zero attached hydrogens (tertiary/aromatic N) is 3. The largest absolute Gasteiger partial charge is 0.370 e. The standard InChI is InChI=1S/C14H27N5S2/c1-5-16-14(15)17-7-9-20-10-12-11(2)21-13(18-12)6-8-19(3)4/h5-10H2,1-4H3,(H3,15,16,17). The molecule has 5 nitrogen and oxygen atoms in total. The fraction of sp³-hybridized carbons (Fsp3) is 0.714. The minimum atomic E-state index is 0.536. The van der Waals surface area contributed by atoms with Crippen LogP contribution in [0.4, 0.5) is 0 Å². The number of nitrogens with one attached hydrogen (secondary N) is 1. The third-order valence-electron chi connectivity index (χ3n) is 2.82. The summed E-state index contributed by atoms with van der Waals surface area (Å²) >= 11 is 3.68. The van der Waals surface area contributed by atoms with Crippen LogP contribution >= 0.6 is 23.1 Å². The van der Waals surface area contributed by atoms with Gasteiger partial charge in [0.15, 0.2) is 5.96 Å². The molecule has 0 aliphatic rings. The Morgan fingerprint density at radius 2 is 2.24 bits per heavy atom. The number of hydrogen-bond donors (Lipinski definition) is 2. The lowest BCUT2D eigenvalue weighted by molar-refractivity contribution is 0.413. The SMILES string of the molecule is CCNC(N)=NCCSCc1nc(CCN(C)C)sc1C. The number of likely N-dealkylation sites (N-methyl/N-ethyl adjacent to an activating group) is 1. The van der Waals surface area contributed by atoms with Gasteiger partial charge in [-0.3, -0.25) is 4.99 Å². The van der Waals surface area contributed by atoms with Gasteiger partial charge in [-0.2, -0.15) is 11.8 Å². The van der Waals surface area contributed by atoms with Gasteiger partial charge in [0.05, 0.1) is 17.2 Å². The van der Waals surface area contributed by atoms with Gasteiger partial charge in [0.2, 0.25) is 0 Å². The van der Waals surface area contributed by atoms with Crippen molar-refractivity contribution in [2.45, 2.75) is 26.0 Å². The number of nitrogens with two attached hydrogens (primary N) is 1. The van der Waals surface area contributed by atoms with E-state index in [-0.39, 0.29) is 0 Å². The average molecular weight is 330 g/mol. The van der Waals surface area contributed by atoms with Crippen molar-refractivity contribution >= 4 is 29.1 Å². The molecular formula is C14H27N5S2. The Bertz CT molecular complexity index is 443. The third kappa shape index (κ3) is 7.68. The molecule has 0 unspecified atom stereocenters. The number of thioether (sulfide) groups is 1. The number of aromatic nitrogens is 1. The lowest BCUT2D eigenvalue weighted by atomic mass is 10.4. The van der Waals surface area contributed by atoms with E-state index in [2.05, 4.69) is 36.2 Å². The number of aliphatic imine (C=N–C) groups is 1. The van der Waals surface area contributed by atoms with Crippen molar-refractivity contribution in [1.29, 1.82) is 0 Å². The summed E-state index contributed by atoms with van der Waals surface area (Å²) in [6.45, 7) is 6.79. The predicted molar refractivity (Wildman–Crippen MR) is 95.4 cm³/mol. The van der Waals surface area contributed by atoms with Crippen molar-refractivity contribution in [3.8, 4) is 0 Å². The molecule has 1 rings (SSSR count). The molecule has 0 spiro atoms. The van der Waals surface area contributed by atoms with Crippen molar-refractivity contribution in [2.24, 2.45) is 10.7 Å². The number of rotatable bonds is 9. The van der Waals surface area contributed by atoms with E-state index in [1.54, 1.807) is 0 Å². The van der Waals surface area contributed by atoms with Gasteiger partial charge >= 0.3 is 0 Å². The Labute approximate surface area is 136 Å². The Balaban J connectivity index is 2.30. The zero-order chi connectivity index (χ0) is 15.7. The molecule has 0 saturated carbocycles. The minimum Gasteiger partial charge on any atom is -0.370 e. The van der Waals surface area contributed by atoms with Crippen molar-refractivity contribution in [2.75, 3.05) is 39.5 Å². The average Bonchev–Trinajstić information content (AvgIpc) is 2.77. The molecule has 7 heteroatoms. The highest BCUT2D eigenvalue weighted by molar-refractivity contribution is 7.98. The molecule has 0 radical (unpaired) electrons. The van der Waals surface area contributed by atoms with Crippen LogP contribution in [0.5, 0.6) is 0 Å². The van der Waals surface area contributed by atoms with Gasteiger partial charge in [-0.25, -0.2) is 4.98 Å². The molecule has 120 valence electrons. The van der Waals surface area contributed by atoms with E-state index in [9.17, 15) is 0 Å². The molecule has 3 N–H and O–H groups in total. The second-order valence-corrected chi connectivity index (χ2v) is 7.41. The first-order valence-electron chi connectivity index (χ1n) is 7.24. The van der Waals surface area contributed by atoms with Gasteiger partial charge < -0.3 is 16.0 Å². The maximum absolute atomic E-state index is 5.68. The topological polar surface area (TPSA) is 66.5 Å². The Kier molecular flexibility index (Phi) is 8.72. The molecule has 0 amide bonds. The van der Waals surface area contributed by atoms with Gasteiger partial charge in [-0.1, -0.05) is 0 Å². The zero-order valence-electron chi connectivity index (χ0n) is 13.5. The Hall–Kier alpha value is -0.790. The van der Waals surface area contributed by atoms with Crippen LogP contribution in [0.2, 0.25) is 0 Å². The monoisotopic (exact) mass is 329 g/mol. The number of guanidine groups is 1. The number of hydrogen-bond acceptors (Lipinski definition) is 5. The first kappa shape index (κ1) is 18.3. The van der Waals surface area contributed by atoms with E-state index < -0.39 is 0 Å². The Morgan fingerprint density at radius 3 is 2.90 bits per heavy atom. The van der Waals surface area contributed by atoms with E-state index in [0.29, 0.717) is 5.96 Å². The second-order valence-electron chi connectivity index (χ2n) is 5.01. The van der Waals surface area contributed by atoms with Gasteiger partial charge in [0.25, 0.3) is 0 Å². The van der Waals surface area contributed by atoms with Crippen LogP contribution in [0.15, 0.2) is 4.99 Å². The van der Waals surface area contributed by atoms with Crippen LogP contribution in [0.1, 0.15) is 22.5 Å². The molecule has 0 fully saturated rings. The van der Waals surface area contributed by atoms with Crippen molar-refractivity contribution < 1.29 is 0 Å². The summed E-state index contributed by atoms with van der Waals surface area (Å²) in [5.74, 6) is 2.46. The summed E-state index contributed by atoms with van der Waals surface area (Å²) in [5.41, 5.74) is 6.90. The normalized spacial score (nSPS) is 12.1. The molecule has 0 atom stereocenters.